The first kappa shape index (κ1) is 28.4. The van der Waals surface area contributed by atoms with Crippen molar-refractivity contribution in [1.29, 1.82) is 0 Å². The van der Waals surface area contributed by atoms with Crippen LogP contribution in [-0.2, 0) is 9.59 Å². The molecule has 0 aliphatic carbocycles. The first-order valence-electron chi connectivity index (χ1n) is 11.2. The zero-order valence-corrected chi connectivity index (χ0v) is 22.6. The number of nitrogens with zero attached hydrogens (tertiary/aromatic N) is 4. The van der Waals surface area contributed by atoms with Gasteiger partial charge in [-0.3, -0.25) is 20.2 Å². The Labute approximate surface area is 228 Å². The minimum absolute atomic E-state index is 0.110. The van der Waals surface area contributed by atoms with Crippen molar-refractivity contribution in [2.45, 2.75) is 27.7 Å². The van der Waals surface area contributed by atoms with Gasteiger partial charge in [-0.15, -0.1) is 0 Å². The fourth-order valence-corrected chi connectivity index (χ4v) is 3.36. The number of aryl methyl sites for hydroxylation is 4. The van der Waals surface area contributed by atoms with Crippen LogP contribution in [0.15, 0.2) is 36.9 Å². The van der Waals surface area contributed by atoms with Gasteiger partial charge in [0.15, 0.2) is 13.2 Å². The van der Waals surface area contributed by atoms with Crippen LogP contribution < -0.4 is 20.1 Å². The molecule has 0 bridgehead atoms. The SMILES string of the molecule is Cc1cc(OCC(=O)Nc2ncn[nH]2)cc(C)c1Cl.Cc1cc(OCC(=O)Nc2ncn[nH]2)cc(C)c1Cl. The molecule has 0 spiro atoms. The van der Waals surface area contributed by atoms with Crippen molar-refractivity contribution in [2.24, 2.45) is 0 Å². The number of aromatic nitrogens is 6. The van der Waals surface area contributed by atoms with Gasteiger partial charge >= 0.3 is 0 Å². The minimum atomic E-state index is -0.318. The van der Waals surface area contributed by atoms with Crippen LogP contribution in [0.5, 0.6) is 11.5 Å². The maximum Gasteiger partial charge on any atom is 0.264 e. The molecule has 4 rings (SSSR count). The standard InChI is InChI=1S/2C12H13ClN4O2/c2*1-7-3-9(4-8(2)11(7)13)19-5-10(18)16-12-14-6-15-17-12/h2*3-4,6H,5H2,1-2H3,(H2,14,15,16,17,18). The van der Waals surface area contributed by atoms with Gasteiger partial charge in [-0.2, -0.15) is 20.2 Å². The largest absolute Gasteiger partial charge is 0.484 e. The van der Waals surface area contributed by atoms with Crippen LogP contribution in [0.2, 0.25) is 10.0 Å². The molecular weight excluding hydrogens is 535 g/mol. The topological polar surface area (TPSA) is 160 Å². The number of anilines is 2. The van der Waals surface area contributed by atoms with Gasteiger partial charge in [0.1, 0.15) is 24.2 Å². The van der Waals surface area contributed by atoms with Gasteiger partial charge in [0, 0.05) is 10.0 Å². The fourth-order valence-electron chi connectivity index (χ4n) is 3.14. The third-order valence-electron chi connectivity index (χ3n) is 4.91. The Morgan fingerprint density at radius 2 is 1.05 bits per heavy atom. The lowest BCUT2D eigenvalue weighted by molar-refractivity contribution is -0.118. The molecule has 0 aliphatic rings. The van der Waals surface area contributed by atoms with Gasteiger partial charge in [-0.1, -0.05) is 23.2 Å². The third-order valence-corrected chi connectivity index (χ3v) is 6.10. The number of amides is 2. The number of aromatic amines is 2. The highest BCUT2D eigenvalue weighted by Gasteiger charge is 2.09. The molecule has 4 N–H and O–H groups in total. The molecule has 2 aromatic carbocycles. The highest BCUT2D eigenvalue weighted by molar-refractivity contribution is 6.32. The van der Waals surface area contributed by atoms with Gasteiger partial charge in [0.25, 0.3) is 11.8 Å². The van der Waals surface area contributed by atoms with Crippen molar-refractivity contribution in [3.8, 4) is 11.5 Å². The lowest BCUT2D eigenvalue weighted by Crippen LogP contribution is -2.20. The zero-order chi connectivity index (χ0) is 27.7. The summed E-state index contributed by atoms with van der Waals surface area (Å²) in [5, 5.41) is 18.7. The van der Waals surface area contributed by atoms with Crippen molar-refractivity contribution >= 4 is 46.9 Å². The van der Waals surface area contributed by atoms with E-state index in [1.165, 1.54) is 12.7 Å². The van der Waals surface area contributed by atoms with Crippen molar-refractivity contribution in [3.05, 3.63) is 69.2 Å². The molecule has 2 heterocycles. The first-order valence-corrected chi connectivity index (χ1v) is 12.0. The van der Waals surface area contributed by atoms with Crippen molar-refractivity contribution in [1.82, 2.24) is 30.4 Å². The number of hydrogen-bond donors (Lipinski definition) is 4. The number of carbonyl (C=O) groups is 2. The smallest absolute Gasteiger partial charge is 0.264 e. The van der Waals surface area contributed by atoms with Gasteiger partial charge in [-0.25, -0.2) is 10.2 Å². The van der Waals surface area contributed by atoms with E-state index in [-0.39, 0.29) is 36.9 Å². The van der Waals surface area contributed by atoms with E-state index < -0.39 is 0 Å². The Kier molecular flexibility index (Phi) is 10.0. The van der Waals surface area contributed by atoms with Crippen molar-refractivity contribution in [3.63, 3.8) is 0 Å². The summed E-state index contributed by atoms with van der Waals surface area (Å²) in [7, 11) is 0. The summed E-state index contributed by atoms with van der Waals surface area (Å²) in [6.45, 7) is 7.32. The number of carbonyl (C=O) groups excluding carboxylic acids is 2. The van der Waals surface area contributed by atoms with Crippen LogP contribution in [0, 0.1) is 27.7 Å². The lowest BCUT2D eigenvalue weighted by atomic mass is 10.1. The molecule has 0 radical (unpaired) electrons. The van der Waals surface area contributed by atoms with Crippen molar-refractivity contribution in [2.75, 3.05) is 23.8 Å². The van der Waals surface area contributed by atoms with E-state index in [0.717, 1.165) is 22.3 Å². The van der Waals surface area contributed by atoms with Crippen LogP contribution >= 0.6 is 23.2 Å². The van der Waals surface area contributed by atoms with E-state index in [2.05, 4.69) is 41.0 Å². The molecular formula is C24H26Cl2N8O4. The van der Waals surface area contributed by atoms with Gasteiger partial charge in [0.05, 0.1) is 0 Å². The van der Waals surface area contributed by atoms with Crippen LogP contribution in [-0.4, -0.2) is 55.4 Å². The number of hydrogen-bond acceptors (Lipinski definition) is 8. The van der Waals surface area contributed by atoms with Crippen LogP contribution in [0.3, 0.4) is 0 Å². The second-order valence-corrected chi connectivity index (χ2v) is 8.84. The van der Waals surface area contributed by atoms with Crippen LogP contribution in [0.25, 0.3) is 0 Å². The number of halogens is 2. The zero-order valence-electron chi connectivity index (χ0n) is 21.1. The van der Waals surface area contributed by atoms with Gasteiger partial charge in [0.2, 0.25) is 11.9 Å². The Morgan fingerprint density at radius 3 is 1.34 bits per heavy atom. The van der Waals surface area contributed by atoms with E-state index in [1.807, 2.05) is 27.7 Å². The molecule has 0 atom stereocenters. The quantitative estimate of drug-likeness (QED) is 0.249. The molecule has 38 heavy (non-hydrogen) atoms. The minimum Gasteiger partial charge on any atom is -0.484 e. The molecule has 12 nitrogen and oxygen atoms in total. The molecule has 0 fully saturated rings. The summed E-state index contributed by atoms with van der Waals surface area (Å²) in [6, 6.07) is 7.16. The molecule has 0 unspecified atom stereocenters. The summed E-state index contributed by atoms with van der Waals surface area (Å²) in [5.41, 5.74) is 3.64. The molecule has 2 amide bonds. The highest BCUT2D eigenvalue weighted by atomic mass is 35.5. The van der Waals surface area contributed by atoms with Crippen molar-refractivity contribution < 1.29 is 19.1 Å². The number of rotatable bonds is 8. The monoisotopic (exact) mass is 560 g/mol. The molecule has 0 saturated heterocycles. The second kappa shape index (κ2) is 13.4. The molecule has 14 heteroatoms. The number of ether oxygens (including phenoxy) is 2. The Morgan fingerprint density at radius 1 is 0.711 bits per heavy atom. The molecule has 0 aliphatic heterocycles. The number of benzene rings is 2. The highest BCUT2D eigenvalue weighted by Crippen LogP contribution is 2.26. The average Bonchev–Trinajstić information content (AvgIpc) is 3.58. The summed E-state index contributed by atoms with van der Waals surface area (Å²) < 4.78 is 10.8. The average molecular weight is 561 g/mol. The summed E-state index contributed by atoms with van der Waals surface area (Å²) in [4.78, 5) is 30.7. The van der Waals surface area contributed by atoms with Crippen LogP contribution in [0.1, 0.15) is 22.3 Å². The van der Waals surface area contributed by atoms with Gasteiger partial charge < -0.3 is 9.47 Å². The van der Waals surface area contributed by atoms with E-state index in [1.54, 1.807) is 24.3 Å². The molecule has 4 aromatic rings. The lowest BCUT2D eigenvalue weighted by Gasteiger charge is -2.09. The maximum absolute atomic E-state index is 11.6. The number of H-pyrrole nitrogens is 2. The Bertz CT molecular complexity index is 1230. The van der Waals surface area contributed by atoms with E-state index in [9.17, 15) is 9.59 Å². The third kappa shape index (κ3) is 8.46. The normalized spacial score (nSPS) is 10.3. The fraction of sp³-hybridized carbons (Fsp3) is 0.250. The Hall–Kier alpha value is -4.16. The van der Waals surface area contributed by atoms with Gasteiger partial charge in [-0.05, 0) is 74.2 Å². The molecule has 200 valence electrons. The van der Waals surface area contributed by atoms with Crippen LogP contribution in [0.4, 0.5) is 11.9 Å². The van der Waals surface area contributed by atoms with E-state index >= 15 is 0 Å². The Balaban J connectivity index is 0.000000211. The maximum atomic E-state index is 11.6. The summed E-state index contributed by atoms with van der Waals surface area (Å²) in [6.07, 6.45) is 2.62. The molecule has 2 aromatic heterocycles. The predicted octanol–water partition coefficient (Wildman–Crippen LogP) is 4.18. The van der Waals surface area contributed by atoms with E-state index in [0.29, 0.717) is 21.5 Å². The molecule has 0 saturated carbocycles. The van der Waals surface area contributed by atoms with E-state index in [4.69, 9.17) is 32.7 Å². The number of nitrogens with one attached hydrogen (secondary N) is 4. The predicted molar refractivity (Wildman–Crippen MR) is 143 cm³/mol. The first-order chi connectivity index (χ1) is 18.1. The summed E-state index contributed by atoms with van der Waals surface area (Å²) >= 11 is 12.1. The second-order valence-electron chi connectivity index (χ2n) is 8.08. The summed E-state index contributed by atoms with van der Waals surface area (Å²) in [5.74, 6) is 1.15.